The molecule has 5 aromatic rings. The van der Waals surface area contributed by atoms with Crippen LogP contribution in [-0.2, 0) is 27.9 Å². The number of methoxy groups -OCH3 is 2. The zero-order valence-electron chi connectivity index (χ0n) is 25.5. The second kappa shape index (κ2) is 12.5. The standard InChI is InChI=1S/C32H36N6O6S/c1-20-5-9-25(10-6-20)45(40,41)44-18-22-13-23(14-28(22)39)38-17-26(27-11-12-37(2)36-27)30-31(34-19-35-32(30)38)33-16-21-7-8-24(42-3)15-29(21)43-4/h5-12,15,17,19,22-23,28,39H,13-14,16,18H2,1-4H3,(H,33,34,35)/t22-,23-,28+/m1/s1. The third-order valence-electron chi connectivity index (χ3n) is 8.31. The summed E-state index contributed by atoms with van der Waals surface area (Å²) >= 11 is 0. The topological polar surface area (TPSA) is 143 Å². The number of fused-ring (bicyclic) bond motifs is 1. The van der Waals surface area contributed by atoms with E-state index in [9.17, 15) is 13.5 Å². The quantitative estimate of drug-likeness (QED) is 0.200. The van der Waals surface area contributed by atoms with Gasteiger partial charge in [-0.05, 0) is 50.1 Å². The smallest absolute Gasteiger partial charge is 0.296 e. The van der Waals surface area contributed by atoms with E-state index in [-0.39, 0.29) is 23.5 Å². The molecule has 2 N–H and O–H groups in total. The fourth-order valence-electron chi connectivity index (χ4n) is 5.86. The van der Waals surface area contributed by atoms with Crippen molar-refractivity contribution in [2.24, 2.45) is 13.0 Å². The molecule has 45 heavy (non-hydrogen) atoms. The Morgan fingerprint density at radius 2 is 1.84 bits per heavy atom. The maximum Gasteiger partial charge on any atom is 0.296 e. The number of aryl methyl sites for hydroxylation is 2. The van der Waals surface area contributed by atoms with E-state index >= 15 is 0 Å². The zero-order valence-corrected chi connectivity index (χ0v) is 26.4. The summed E-state index contributed by atoms with van der Waals surface area (Å²) in [5.74, 6) is 1.63. The summed E-state index contributed by atoms with van der Waals surface area (Å²) in [7, 11) is 1.14. The molecule has 0 unspecified atom stereocenters. The summed E-state index contributed by atoms with van der Waals surface area (Å²) in [5.41, 5.74) is 4.15. The lowest BCUT2D eigenvalue weighted by atomic mass is 10.1. The van der Waals surface area contributed by atoms with Crippen LogP contribution in [0.5, 0.6) is 11.5 Å². The number of nitrogens with zero attached hydrogens (tertiary/aromatic N) is 5. The Hall–Kier alpha value is -4.46. The van der Waals surface area contributed by atoms with Gasteiger partial charge in [0.15, 0.2) is 0 Å². The number of anilines is 1. The first kappa shape index (κ1) is 30.6. The van der Waals surface area contributed by atoms with Gasteiger partial charge in [-0.2, -0.15) is 13.5 Å². The highest BCUT2D eigenvalue weighted by Crippen LogP contribution is 2.41. The molecule has 1 saturated carbocycles. The van der Waals surface area contributed by atoms with Gasteiger partial charge in [0.2, 0.25) is 0 Å². The average molecular weight is 633 g/mol. The maximum absolute atomic E-state index is 12.8. The summed E-state index contributed by atoms with van der Waals surface area (Å²) in [6.07, 6.45) is 5.55. The summed E-state index contributed by atoms with van der Waals surface area (Å²) in [6.45, 7) is 2.20. The molecule has 1 fully saturated rings. The van der Waals surface area contributed by atoms with Crippen molar-refractivity contribution in [1.29, 1.82) is 0 Å². The van der Waals surface area contributed by atoms with Gasteiger partial charge in [0, 0.05) is 55.1 Å². The first-order chi connectivity index (χ1) is 21.7. The van der Waals surface area contributed by atoms with E-state index in [4.69, 9.17) is 13.7 Å². The van der Waals surface area contributed by atoms with Crippen molar-refractivity contribution in [2.45, 2.75) is 43.4 Å². The molecule has 2 aromatic carbocycles. The van der Waals surface area contributed by atoms with Crippen molar-refractivity contribution in [3.05, 3.63) is 78.4 Å². The number of hydrogen-bond donors (Lipinski definition) is 2. The van der Waals surface area contributed by atoms with Crippen molar-refractivity contribution in [3.63, 3.8) is 0 Å². The molecular formula is C32H36N6O6S. The Morgan fingerprint density at radius 1 is 1.04 bits per heavy atom. The Morgan fingerprint density at radius 3 is 2.56 bits per heavy atom. The van der Waals surface area contributed by atoms with Crippen LogP contribution >= 0.6 is 0 Å². The Labute approximate surface area is 261 Å². The second-order valence-electron chi connectivity index (χ2n) is 11.3. The predicted molar refractivity (Wildman–Crippen MR) is 169 cm³/mol. The van der Waals surface area contributed by atoms with Crippen molar-refractivity contribution in [3.8, 4) is 22.8 Å². The minimum absolute atomic E-state index is 0.0949. The largest absolute Gasteiger partial charge is 0.497 e. The lowest BCUT2D eigenvalue weighted by molar-refractivity contribution is 0.100. The van der Waals surface area contributed by atoms with E-state index in [1.807, 2.05) is 55.2 Å². The van der Waals surface area contributed by atoms with Gasteiger partial charge >= 0.3 is 0 Å². The molecule has 0 amide bonds. The molecule has 13 heteroatoms. The normalized spacial score (nSPS) is 18.4. The Balaban J connectivity index is 1.28. The van der Waals surface area contributed by atoms with Crippen LogP contribution in [0.3, 0.4) is 0 Å². The van der Waals surface area contributed by atoms with Crippen molar-refractivity contribution < 1.29 is 27.2 Å². The molecule has 1 aliphatic carbocycles. The third-order valence-corrected chi connectivity index (χ3v) is 9.61. The van der Waals surface area contributed by atoms with Gasteiger partial charge in [0.25, 0.3) is 10.1 Å². The molecule has 3 atom stereocenters. The SMILES string of the molecule is COc1ccc(CNc2ncnc3c2c(-c2ccn(C)n2)cn3[C@@H]2C[C@H](COS(=O)(=O)c3ccc(C)cc3)[C@@H](O)C2)c(OC)c1. The summed E-state index contributed by atoms with van der Waals surface area (Å²) in [5, 5.41) is 19.9. The summed E-state index contributed by atoms with van der Waals surface area (Å²) < 4.78 is 45.7. The van der Waals surface area contributed by atoms with E-state index in [0.717, 1.165) is 27.8 Å². The van der Waals surface area contributed by atoms with E-state index < -0.39 is 16.2 Å². The van der Waals surface area contributed by atoms with Gasteiger partial charge < -0.3 is 24.5 Å². The third kappa shape index (κ3) is 6.23. The number of nitrogens with one attached hydrogen (secondary N) is 1. The molecule has 0 spiro atoms. The number of aromatic nitrogens is 5. The number of ether oxygens (including phenoxy) is 2. The maximum atomic E-state index is 12.8. The zero-order chi connectivity index (χ0) is 31.7. The lowest BCUT2D eigenvalue weighted by Crippen LogP contribution is -2.21. The monoisotopic (exact) mass is 632 g/mol. The van der Waals surface area contributed by atoms with Crippen molar-refractivity contribution in [2.75, 3.05) is 26.1 Å². The fraction of sp³-hybridized carbons (Fsp3) is 0.344. The van der Waals surface area contributed by atoms with Crippen LogP contribution in [0.1, 0.15) is 30.0 Å². The van der Waals surface area contributed by atoms with E-state index in [2.05, 4.69) is 20.4 Å². The molecule has 6 rings (SSSR count). The Bertz CT molecular complexity index is 1920. The first-order valence-electron chi connectivity index (χ1n) is 14.6. The van der Waals surface area contributed by atoms with E-state index in [1.165, 1.54) is 18.5 Å². The number of hydrogen-bond acceptors (Lipinski definition) is 10. The highest BCUT2D eigenvalue weighted by atomic mass is 32.2. The molecule has 3 heterocycles. The molecule has 0 saturated heterocycles. The molecule has 1 aliphatic rings. The molecule has 0 radical (unpaired) electrons. The average Bonchev–Trinajstić information content (AvgIpc) is 3.75. The van der Waals surface area contributed by atoms with E-state index in [1.54, 1.807) is 31.0 Å². The van der Waals surface area contributed by atoms with E-state index in [0.29, 0.717) is 42.4 Å². The minimum Gasteiger partial charge on any atom is -0.497 e. The van der Waals surface area contributed by atoms with Crippen LogP contribution in [0.2, 0.25) is 0 Å². The van der Waals surface area contributed by atoms with Crippen molar-refractivity contribution >= 4 is 27.0 Å². The Kier molecular flexibility index (Phi) is 8.49. The van der Waals surface area contributed by atoms with Crippen LogP contribution in [0, 0.1) is 12.8 Å². The molecule has 0 bridgehead atoms. The van der Waals surface area contributed by atoms with Gasteiger partial charge in [0.05, 0.1) is 42.9 Å². The van der Waals surface area contributed by atoms with Crippen LogP contribution in [-0.4, -0.2) is 64.8 Å². The molecular weight excluding hydrogens is 596 g/mol. The van der Waals surface area contributed by atoms with Crippen LogP contribution in [0.25, 0.3) is 22.3 Å². The highest BCUT2D eigenvalue weighted by Gasteiger charge is 2.37. The highest BCUT2D eigenvalue weighted by molar-refractivity contribution is 7.86. The predicted octanol–water partition coefficient (Wildman–Crippen LogP) is 4.49. The number of rotatable bonds is 11. The molecule has 3 aromatic heterocycles. The van der Waals surface area contributed by atoms with Gasteiger partial charge in [-0.15, -0.1) is 0 Å². The fourth-order valence-corrected chi connectivity index (χ4v) is 6.82. The number of aliphatic hydroxyl groups excluding tert-OH is 1. The second-order valence-corrected chi connectivity index (χ2v) is 12.9. The summed E-state index contributed by atoms with van der Waals surface area (Å²) in [4.78, 5) is 9.35. The first-order valence-corrected chi connectivity index (χ1v) is 16.0. The molecule has 236 valence electrons. The number of benzene rings is 2. The van der Waals surface area contributed by atoms with Crippen LogP contribution < -0.4 is 14.8 Å². The van der Waals surface area contributed by atoms with Gasteiger partial charge in [0.1, 0.15) is 29.3 Å². The van der Waals surface area contributed by atoms with Gasteiger partial charge in [-0.1, -0.05) is 17.7 Å². The summed E-state index contributed by atoms with van der Waals surface area (Å²) in [6, 6.07) is 13.9. The lowest BCUT2D eigenvalue weighted by Gasteiger charge is -2.15. The van der Waals surface area contributed by atoms with Crippen molar-refractivity contribution in [1.82, 2.24) is 24.3 Å². The minimum atomic E-state index is -3.95. The van der Waals surface area contributed by atoms with Gasteiger partial charge in [-0.25, -0.2) is 9.97 Å². The molecule has 12 nitrogen and oxygen atoms in total. The van der Waals surface area contributed by atoms with Crippen LogP contribution in [0.4, 0.5) is 5.82 Å². The van der Waals surface area contributed by atoms with Crippen LogP contribution in [0.15, 0.2) is 72.1 Å². The number of aliphatic hydroxyl groups is 1. The molecule has 0 aliphatic heterocycles. The van der Waals surface area contributed by atoms with Gasteiger partial charge in [-0.3, -0.25) is 8.86 Å².